The summed E-state index contributed by atoms with van der Waals surface area (Å²) in [5, 5.41) is 5.67. The van der Waals surface area contributed by atoms with E-state index >= 15 is 0 Å². The number of aryl methyl sites for hydroxylation is 1. The normalized spacial score (nSPS) is 12.0. The Morgan fingerprint density at radius 3 is 2.52 bits per heavy atom. The van der Waals surface area contributed by atoms with E-state index in [2.05, 4.69) is 15.6 Å². The van der Waals surface area contributed by atoms with Gasteiger partial charge >= 0.3 is 0 Å². The van der Waals surface area contributed by atoms with Crippen molar-refractivity contribution in [2.24, 2.45) is 5.92 Å². The van der Waals surface area contributed by atoms with E-state index < -0.39 is 6.04 Å². The van der Waals surface area contributed by atoms with Crippen LogP contribution in [0, 0.1) is 12.8 Å². The van der Waals surface area contributed by atoms with Crippen molar-refractivity contribution in [3.05, 3.63) is 53.9 Å². The first-order valence-electron chi connectivity index (χ1n) is 9.59. The molecule has 0 aliphatic carbocycles. The number of amides is 2. The van der Waals surface area contributed by atoms with Crippen molar-refractivity contribution in [2.45, 2.75) is 33.7 Å². The number of benzene rings is 2. The van der Waals surface area contributed by atoms with Crippen LogP contribution in [0.5, 0.6) is 5.75 Å². The Morgan fingerprint density at radius 2 is 1.86 bits per heavy atom. The zero-order valence-electron chi connectivity index (χ0n) is 17.0. The van der Waals surface area contributed by atoms with Gasteiger partial charge in [-0.05, 0) is 55.3 Å². The summed E-state index contributed by atoms with van der Waals surface area (Å²) in [4.78, 5) is 29.7. The molecule has 1 heterocycles. The van der Waals surface area contributed by atoms with Crippen molar-refractivity contribution >= 4 is 28.6 Å². The molecule has 7 nitrogen and oxygen atoms in total. The summed E-state index contributed by atoms with van der Waals surface area (Å²) < 4.78 is 10.8. The summed E-state index contributed by atoms with van der Waals surface area (Å²) in [5.41, 5.74) is 2.38. The van der Waals surface area contributed by atoms with Gasteiger partial charge in [0, 0.05) is 18.2 Å². The highest BCUT2D eigenvalue weighted by atomic mass is 16.5. The van der Waals surface area contributed by atoms with Crippen LogP contribution in [0.2, 0.25) is 0 Å². The Morgan fingerprint density at radius 1 is 1.14 bits per heavy atom. The molecule has 152 valence electrons. The predicted octanol–water partition coefficient (Wildman–Crippen LogP) is 3.93. The van der Waals surface area contributed by atoms with Gasteiger partial charge in [0.2, 0.25) is 5.91 Å². The van der Waals surface area contributed by atoms with E-state index in [1.807, 2.05) is 20.8 Å². The minimum atomic E-state index is -0.691. The lowest BCUT2D eigenvalue weighted by Crippen LogP contribution is -2.47. The number of hydrogen-bond donors (Lipinski definition) is 2. The molecule has 0 saturated heterocycles. The molecule has 0 radical (unpaired) electrons. The van der Waals surface area contributed by atoms with Gasteiger partial charge in [-0.3, -0.25) is 9.59 Å². The monoisotopic (exact) mass is 395 g/mol. The summed E-state index contributed by atoms with van der Waals surface area (Å²) in [7, 11) is 0. The van der Waals surface area contributed by atoms with Gasteiger partial charge in [-0.2, -0.15) is 0 Å². The summed E-state index contributed by atoms with van der Waals surface area (Å²) in [6.45, 7) is 7.98. The highest BCUT2D eigenvalue weighted by molar-refractivity contribution is 6.01. The van der Waals surface area contributed by atoms with E-state index in [1.165, 1.54) is 0 Å². The maximum Gasteiger partial charge on any atom is 0.251 e. The highest BCUT2D eigenvalue weighted by Crippen LogP contribution is 2.20. The minimum Gasteiger partial charge on any atom is -0.494 e. The first-order chi connectivity index (χ1) is 13.9. The average molecular weight is 395 g/mol. The molecule has 1 aromatic heterocycles. The van der Waals surface area contributed by atoms with E-state index in [9.17, 15) is 9.59 Å². The van der Waals surface area contributed by atoms with Crippen molar-refractivity contribution in [3.8, 4) is 5.75 Å². The molecule has 3 aromatic rings. The summed E-state index contributed by atoms with van der Waals surface area (Å²) in [6.07, 6.45) is 0. The fourth-order valence-corrected chi connectivity index (χ4v) is 2.97. The number of carbonyl (C=O) groups excluding carboxylic acids is 2. The fraction of sp³-hybridized carbons (Fsp3) is 0.318. The average Bonchev–Trinajstić information content (AvgIpc) is 3.05. The SMILES string of the molecule is CCOc1ccc(C(=O)N[C@H](C(=O)Nc2ccc3oc(C)nc3c2)C(C)C)cc1. The van der Waals surface area contributed by atoms with Gasteiger partial charge in [0.25, 0.3) is 5.91 Å². The van der Waals surface area contributed by atoms with Crippen molar-refractivity contribution in [2.75, 3.05) is 11.9 Å². The molecule has 0 aliphatic heterocycles. The Labute approximate surface area is 169 Å². The van der Waals surface area contributed by atoms with Crippen LogP contribution in [-0.4, -0.2) is 29.4 Å². The quantitative estimate of drug-likeness (QED) is 0.632. The lowest BCUT2D eigenvalue weighted by Gasteiger charge is -2.22. The maximum absolute atomic E-state index is 12.8. The van der Waals surface area contributed by atoms with Crippen LogP contribution in [0.3, 0.4) is 0 Å². The smallest absolute Gasteiger partial charge is 0.251 e. The van der Waals surface area contributed by atoms with Crippen LogP contribution >= 0.6 is 0 Å². The van der Waals surface area contributed by atoms with Crippen molar-refractivity contribution in [1.29, 1.82) is 0 Å². The van der Waals surface area contributed by atoms with Crippen molar-refractivity contribution in [1.82, 2.24) is 10.3 Å². The number of nitrogens with zero attached hydrogens (tertiary/aromatic N) is 1. The first-order valence-corrected chi connectivity index (χ1v) is 9.59. The summed E-state index contributed by atoms with van der Waals surface area (Å²) >= 11 is 0. The van der Waals surface area contributed by atoms with E-state index in [0.717, 1.165) is 0 Å². The molecule has 0 aliphatic rings. The molecule has 0 spiro atoms. The van der Waals surface area contributed by atoms with Gasteiger partial charge in [-0.1, -0.05) is 13.8 Å². The Hall–Kier alpha value is -3.35. The number of anilines is 1. The number of nitrogens with one attached hydrogen (secondary N) is 2. The molecule has 2 amide bonds. The second-order valence-corrected chi connectivity index (χ2v) is 7.06. The fourth-order valence-electron chi connectivity index (χ4n) is 2.97. The molecule has 0 saturated carbocycles. The highest BCUT2D eigenvalue weighted by Gasteiger charge is 2.25. The molecule has 1 atom stereocenters. The van der Waals surface area contributed by atoms with Gasteiger partial charge < -0.3 is 19.8 Å². The van der Waals surface area contributed by atoms with Crippen LogP contribution in [0.15, 0.2) is 46.9 Å². The molecule has 3 rings (SSSR count). The lowest BCUT2D eigenvalue weighted by molar-refractivity contribution is -0.118. The third-order valence-corrected chi connectivity index (χ3v) is 4.43. The molecule has 2 N–H and O–H groups in total. The molecule has 0 unspecified atom stereocenters. The van der Waals surface area contributed by atoms with Crippen molar-refractivity contribution in [3.63, 3.8) is 0 Å². The number of ether oxygens (including phenoxy) is 1. The number of rotatable bonds is 7. The van der Waals surface area contributed by atoms with E-state index in [0.29, 0.717) is 40.6 Å². The number of oxazole rings is 1. The summed E-state index contributed by atoms with van der Waals surface area (Å²) in [5.74, 6) is 0.551. The van der Waals surface area contributed by atoms with Crippen LogP contribution in [0.25, 0.3) is 11.1 Å². The first kappa shape index (κ1) is 20.4. The van der Waals surface area contributed by atoms with Crippen LogP contribution in [-0.2, 0) is 4.79 Å². The standard InChI is InChI=1S/C22H25N3O4/c1-5-28-17-9-6-15(7-10-17)21(26)25-20(13(2)3)22(27)24-16-8-11-19-18(12-16)23-14(4)29-19/h6-13,20H,5H2,1-4H3,(H,24,27)(H,25,26)/t20-/m0/s1. The van der Waals surface area contributed by atoms with Gasteiger partial charge in [0.15, 0.2) is 11.5 Å². The van der Waals surface area contributed by atoms with Crippen molar-refractivity contribution < 1.29 is 18.7 Å². The number of carbonyl (C=O) groups is 2. The van der Waals surface area contributed by atoms with Gasteiger partial charge in [-0.25, -0.2) is 4.98 Å². The molecule has 7 heteroatoms. The van der Waals surface area contributed by atoms with Gasteiger partial charge in [-0.15, -0.1) is 0 Å². The summed E-state index contributed by atoms with van der Waals surface area (Å²) in [6, 6.07) is 11.4. The molecular formula is C22H25N3O4. The van der Waals surface area contributed by atoms with Crippen LogP contribution in [0.1, 0.15) is 37.0 Å². The number of fused-ring (bicyclic) bond motifs is 1. The third-order valence-electron chi connectivity index (χ3n) is 4.43. The zero-order valence-corrected chi connectivity index (χ0v) is 17.0. The molecule has 29 heavy (non-hydrogen) atoms. The van der Waals surface area contributed by atoms with E-state index in [4.69, 9.17) is 9.15 Å². The van der Waals surface area contributed by atoms with Gasteiger partial charge in [0.05, 0.1) is 6.61 Å². The van der Waals surface area contributed by atoms with E-state index in [-0.39, 0.29) is 17.7 Å². The second-order valence-electron chi connectivity index (χ2n) is 7.06. The van der Waals surface area contributed by atoms with Crippen LogP contribution < -0.4 is 15.4 Å². The molecule has 0 bridgehead atoms. The third kappa shape index (κ3) is 4.93. The molecule has 2 aromatic carbocycles. The topological polar surface area (TPSA) is 93.5 Å². The molecule has 0 fully saturated rings. The second kappa shape index (κ2) is 8.77. The molecular weight excluding hydrogens is 370 g/mol. The predicted molar refractivity (Wildman–Crippen MR) is 111 cm³/mol. The Bertz CT molecular complexity index is 1010. The Kier molecular flexibility index (Phi) is 6.16. The minimum absolute atomic E-state index is 0.0975. The Balaban J connectivity index is 1.70. The zero-order chi connectivity index (χ0) is 21.0. The number of aromatic nitrogens is 1. The van der Waals surface area contributed by atoms with E-state index in [1.54, 1.807) is 49.4 Å². The largest absolute Gasteiger partial charge is 0.494 e. The van der Waals surface area contributed by atoms with Gasteiger partial charge in [0.1, 0.15) is 17.3 Å². The number of hydrogen-bond acceptors (Lipinski definition) is 5. The maximum atomic E-state index is 12.8. The van der Waals surface area contributed by atoms with Crippen LogP contribution in [0.4, 0.5) is 5.69 Å². The lowest BCUT2D eigenvalue weighted by atomic mass is 10.0.